The molecule has 1 atom stereocenters. The number of aliphatic hydroxyl groups excluding tert-OH is 1. The number of amides is 1. The van der Waals surface area contributed by atoms with E-state index in [1.807, 2.05) is 30.3 Å². The molecule has 1 unspecified atom stereocenters. The first kappa shape index (κ1) is 17.9. The van der Waals surface area contributed by atoms with Gasteiger partial charge in [-0.3, -0.25) is 4.79 Å². The highest BCUT2D eigenvalue weighted by molar-refractivity contribution is 5.96. The Kier molecular flexibility index (Phi) is 6.69. The molecule has 0 saturated heterocycles. The van der Waals surface area contributed by atoms with Gasteiger partial charge in [0.2, 0.25) is 0 Å². The molecule has 6 heteroatoms. The number of benzene rings is 2. The van der Waals surface area contributed by atoms with Crippen LogP contribution in [0.1, 0.15) is 28.3 Å². The quantitative estimate of drug-likeness (QED) is 0.779. The molecule has 0 aliphatic carbocycles. The fraction of sp³-hybridized carbons (Fsp3) is 0.278. The van der Waals surface area contributed by atoms with Gasteiger partial charge in [-0.15, -0.1) is 0 Å². The molecule has 0 aromatic heterocycles. The van der Waals surface area contributed by atoms with E-state index in [0.717, 1.165) is 5.56 Å². The van der Waals surface area contributed by atoms with Crippen molar-refractivity contribution < 1.29 is 23.4 Å². The van der Waals surface area contributed by atoms with Crippen LogP contribution in [0.5, 0.6) is 5.75 Å². The maximum Gasteiger partial charge on any atom is 0.387 e. The Labute approximate surface area is 139 Å². The van der Waals surface area contributed by atoms with Crippen molar-refractivity contribution in [3.05, 3.63) is 65.7 Å². The first-order valence-corrected chi connectivity index (χ1v) is 7.59. The van der Waals surface area contributed by atoms with Gasteiger partial charge in [-0.2, -0.15) is 8.78 Å². The summed E-state index contributed by atoms with van der Waals surface area (Å²) in [7, 11) is 0. The lowest BCUT2D eigenvalue weighted by molar-refractivity contribution is -0.0501. The molecule has 0 radical (unpaired) electrons. The largest absolute Gasteiger partial charge is 0.434 e. The lowest BCUT2D eigenvalue weighted by Crippen LogP contribution is -2.29. The third-order valence-electron chi connectivity index (χ3n) is 3.61. The lowest BCUT2D eigenvalue weighted by Gasteiger charge is -2.18. The molecule has 2 rings (SSSR count). The summed E-state index contributed by atoms with van der Waals surface area (Å²) in [6.45, 7) is -2.72. The number of para-hydroxylation sites is 1. The molecule has 1 amide bonds. The van der Waals surface area contributed by atoms with Crippen LogP contribution in [0.25, 0.3) is 0 Å². The molecule has 0 heterocycles. The second-order valence-corrected chi connectivity index (χ2v) is 5.20. The first-order chi connectivity index (χ1) is 11.6. The van der Waals surface area contributed by atoms with E-state index in [4.69, 9.17) is 0 Å². The first-order valence-electron chi connectivity index (χ1n) is 7.59. The molecule has 0 aliphatic rings. The highest BCUT2D eigenvalue weighted by atomic mass is 19.3. The minimum absolute atomic E-state index is 0.0134. The Morgan fingerprint density at radius 2 is 1.75 bits per heavy atom. The number of alkyl halides is 2. The average Bonchev–Trinajstić information content (AvgIpc) is 2.59. The Morgan fingerprint density at radius 1 is 1.08 bits per heavy atom. The van der Waals surface area contributed by atoms with E-state index in [9.17, 15) is 18.7 Å². The number of hydrogen-bond acceptors (Lipinski definition) is 3. The van der Waals surface area contributed by atoms with Crippen molar-refractivity contribution in [2.45, 2.75) is 19.0 Å². The fourth-order valence-corrected chi connectivity index (χ4v) is 2.43. The third-order valence-corrected chi connectivity index (χ3v) is 3.61. The van der Waals surface area contributed by atoms with E-state index in [0.29, 0.717) is 6.42 Å². The van der Waals surface area contributed by atoms with E-state index in [1.165, 1.54) is 18.2 Å². The molecule has 2 N–H and O–H groups in total. The van der Waals surface area contributed by atoms with E-state index < -0.39 is 12.5 Å². The molecule has 0 spiro atoms. The van der Waals surface area contributed by atoms with Crippen LogP contribution in [0.2, 0.25) is 0 Å². The van der Waals surface area contributed by atoms with Gasteiger partial charge < -0.3 is 15.2 Å². The van der Waals surface area contributed by atoms with E-state index >= 15 is 0 Å². The second-order valence-electron chi connectivity index (χ2n) is 5.20. The SMILES string of the molecule is O=C(NCC(CCO)c1ccccc1)c1ccccc1OC(F)F. The number of carbonyl (C=O) groups is 1. The molecular formula is C18H19F2NO3. The van der Waals surface area contributed by atoms with Crippen LogP contribution < -0.4 is 10.1 Å². The van der Waals surface area contributed by atoms with Gasteiger partial charge in [-0.05, 0) is 24.1 Å². The summed E-state index contributed by atoms with van der Waals surface area (Å²) in [4.78, 5) is 12.3. The van der Waals surface area contributed by atoms with Gasteiger partial charge in [0.15, 0.2) is 0 Å². The van der Waals surface area contributed by atoms with Crippen LogP contribution in [0, 0.1) is 0 Å². The van der Waals surface area contributed by atoms with Crippen molar-refractivity contribution in [1.29, 1.82) is 0 Å². The summed E-state index contributed by atoms with van der Waals surface area (Å²) in [5.74, 6) is -0.725. The number of ether oxygens (including phenoxy) is 1. The van der Waals surface area contributed by atoms with Crippen LogP contribution >= 0.6 is 0 Å². The highest BCUT2D eigenvalue weighted by Crippen LogP contribution is 2.21. The van der Waals surface area contributed by atoms with Crippen LogP contribution in [0.3, 0.4) is 0 Å². The lowest BCUT2D eigenvalue weighted by atomic mass is 9.96. The summed E-state index contributed by atoms with van der Waals surface area (Å²) in [5.41, 5.74) is 1.04. The molecular weight excluding hydrogens is 316 g/mol. The minimum Gasteiger partial charge on any atom is -0.434 e. The van der Waals surface area contributed by atoms with Gasteiger partial charge in [0, 0.05) is 19.1 Å². The van der Waals surface area contributed by atoms with E-state index in [1.54, 1.807) is 6.07 Å². The van der Waals surface area contributed by atoms with Crippen molar-refractivity contribution in [3.8, 4) is 5.75 Å². The molecule has 0 saturated carbocycles. The van der Waals surface area contributed by atoms with E-state index in [2.05, 4.69) is 10.1 Å². The summed E-state index contributed by atoms with van der Waals surface area (Å²) in [6.07, 6.45) is 0.486. The number of carbonyl (C=O) groups excluding carboxylic acids is 1. The molecule has 4 nitrogen and oxygen atoms in total. The van der Waals surface area contributed by atoms with Gasteiger partial charge in [0.05, 0.1) is 5.56 Å². The molecule has 0 bridgehead atoms. The molecule has 2 aromatic rings. The molecule has 0 aliphatic heterocycles. The van der Waals surface area contributed by atoms with Gasteiger partial charge in [-0.25, -0.2) is 0 Å². The van der Waals surface area contributed by atoms with Crippen LogP contribution in [-0.4, -0.2) is 30.8 Å². The molecule has 24 heavy (non-hydrogen) atoms. The Hall–Kier alpha value is -2.47. The van der Waals surface area contributed by atoms with E-state index in [-0.39, 0.29) is 30.4 Å². The smallest absolute Gasteiger partial charge is 0.387 e. The normalized spacial score (nSPS) is 12.0. The Bertz CT molecular complexity index is 650. The van der Waals surface area contributed by atoms with Crippen molar-refractivity contribution in [1.82, 2.24) is 5.32 Å². The number of rotatable bonds is 8. The molecule has 0 fully saturated rings. The van der Waals surface area contributed by atoms with Gasteiger partial charge >= 0.3 is 6.61 Å². The predicted molar refractivity (Wildman–Crippen MR) is 86.3 cm³/mol. The Balaban J connectivity index is 2.06. The Morgan fingerprint density at radius 3 is 2.42 bits per heavy atom. The maximum atomic E-state index is 12.4. The zero-order valence-electron chi connectivity index (χ0n) is 13.0. The van der Waals surface area contributed by atoms with Crippen molar-refractivity contribution >= 4 is 5.91 Å². The summed E-state index contributed by atoms with van der Waals surface area (Å²) in [5, 5.41) is 11.9. The van der Waals surface area contributed by atoms with Gasteiger partial charge in [0.25, 0.3) is 5.91 Å². The van der Waals surface area contributed by atoms with Gasteiger partial charge in [-0.1, -0.05) is 42.5 Å². The van der Waals surface area contributed by atoms with Crippen molar-refractivity contribution in [3.63, 3.8) is 0 Å². The standard InChI is InChI=1S/C18H19F2NO3/c19-18(20)24-16-9-5-4-8-15(16)17(23)21-12-14(10-11-22)13-6-2-1-3-7-13/h1-9,14,18,22H,10-12H2,(H,21,23). The monoisotopic (exact) mass is 335 g/mol. The highest BCUT2D eigenvalue weighted by Gasteiger charge is 2.17. The molecule has 2 aromatic carbocycles. The molecule has 128 valence electrons. The summed E-state index contributed by atoms with van der Waals surface area (Å²) >= 11 is 0. The number of hydrogen-bond donors (Lipinski definition) is 2. The van der Waals surface area contributed by atoms with Gasteiger partial charge in [0.1, 0.15) is 5.75 Å². The van der Waals surface area contributed by atoms with Crippen LogP contribution in [-0.2, 0) is 0 Å². The zero-order valence-corrected chi connectivity index (χ0v) is 13.0. The maximum absolute atomic E-state index is 12.4. The van der Waals surface area contributed by atoms with Crippen LogP contribution in [0.15, 0.2) is 54.6 Å². The number of halogens is 2. The predicted octanol–water partition coefficient (Wildman–Crippen LogP) is 3.18. The average molecular weight is 335 g/mol. The summed E-state index contributed by atoms with van der Waals surface area (Å²) < 4.78 is 29.2. The zero-order chi connectivity index (χ0) is 17.4. The number of aliphatic hydroxyl groups is 1. The van der Waals surface area contributed by atoms with Crippen molar-refractivity contribution in [2.24, 2.45) is 0 Å². The minimum atomic E-state index is -2.99. The van der Waals surface area contributed by atoms with Crippen LogP contribution in [0.4, 0.5) is 8.78 Å². The summed E-state index contributed by atoms with van der Waals surface area (Å²) in [6, 6.07) is 15.3. The second kappa shape index (κ2) is 8.98. The van der Waals surface area contributed by atoms with Crippen molar-refractivity contribution in [2.75, 3.05) is 13.2 Å². The fourth-order valence-electron chi connectivity index (χ4n) is 2.43. The topological polar surface area (TPSA) is 58.6 Å². The number of nitrogens with one attached hydrogen (secondary N) is 1. The third kappa shape index (κ3) is 5.03.